The second-order valence-corrected chi connectivity index (χ2v) is 31.9. The fourth-order valence-electron chi connectivity index (χ4n) is 17.4. The number of aromatic nitrogens is 3. The molecule has 6 N–H and O–H groups in total. The molecule has 0 radical (unpaired) electrons. The Morgan fingerprint density at radius 2 is 0.672 bits per heavy atom. The maximum Gasteiger partial charge on any atom is 0.337 e. The Morgan fingerprint density at radius 3 is 0.992 bits per heavy atom. The van der Waals surface area contributed by atoms with E-state index < -0.39 is 17.9 Å². The van der Waals surface area contributed by atoms with Crippen molar-refractivity contribution in [3.05, 3.63) is 267 Å². The van der Waals surface area contributed by atoms with Crippen LogP contribution in [0.1, 0.15) is 139 Å². The van der Waals surface area contributed by atoms with Gasteiger partial charge in [0.25, 0.3) is 0 Å². The molecule has 18 rings (SSSR count). The van der Waals surface area contributed by atoms with Crippen molar-refractivity contribution in [3.63, 3.8) is 0 Å². The highest BCUT2D eigenvalue weighted by atomic mass is 19.1. The summed E-state index contributed by atoms with van der Waals surface area (Å²) in [4.78, 5) is 112. The molecule has 6 aliphatic heterocycles. The van der Waals surface area contributed by atoms with Gasteiger partial charge in [-0.05, 0) is 235 Å². The molecule has 3 aromatic heterocycles. The minimum atomic E-state index is -0.489. The first-order valence-corrected chi connectivity index (χ1v) is 41.7. The van der Waals surface area contributed by atoms with Gasteiger partial charge in [-0.2, -0.15) is 0 Å². The Kier molecular flexibility index (Phi) is 24.8. The fraction of sp³-hybridized carbons (Fsp3) is 0.289. The molecular weight excluding hydrogens is 1540 g/mol. The number of piperidine rings is 3. The minimum Gasteiger partial charge on any atom is -0.494 e. The van der Waals surface area contributed by atoms with Crippen molar-refractivity contribution in [1.29, 1.82) is 0 Å². The predicted molar refractivity (Wildman–Crippen MR) is 472 cm³/mol. The number of hydrogen-bond acceptors (Lipinski definition) is 18. The summed E-state index contributed by atoms with van der Waals surface area (Å²) in [6.45, 7) is 11.5. The number of H-pyrrole nitrogens is 3. The summed E-state index contributed by atoms with van der Waals surface area (Å²) in [5.74, 6) is -0.813. The number of anilines is 3. The number of aromatic amines is 3. The number of benzene rings is 9. The molecule has 0 bridgehead atoms. The van der Waals surface area contributed by atoms with Gasteiger partial charge in [-0.1, -0.05) is 98.6 Å². The highest BCUT2D eigenvalue weighted by molar-refractivity contribution is 6.24. The van der Waals surface area contributed by atoms with Gasteiger partial charge in [0.2, 0.25) is 17.7 Å². The summed E-state index contributed by atoms with van der Waals surface area (Å²) < 4.78 is 28.4. The van der Waals surface area contributed by atoms with Crippen molar-refractivity contribution < 1.29 is 62.7 Å². The van der Waals surface area contributed by atoms with E-state index in [1.807, 2.05) is 130 Å². The molecule has 6 aliphatic rings. The average molecular weight is 1640 g/mol. The lowest BCUT2D eigenvalue weighted by molar-refractivity contribution is -0.120. The number of carbonyl (C=O) groups is 6. The molecule has 122 heavy (non-hydrogen) atoms. The smallest absolute Gasteiger partial charge is 0.337 e. The van der Waals surface area contributed by atoms with Gasteiger partial charge in [0.15, 0.2) is 17.6 Å². The first-order valence-electron chi connectivity index (χ1n) is 41.7. The molecule has 25 heteroatoms. The van der Waals surface area contributed by atoms with E-state index in [0.29, 0.717) is 123 Å². The maximum absolute atomic E-state index is 13.8. The number of likely N-dealkylation sites (tertiary alicyclic amines) is 3. The number of fused-ring (bicyclic) bond motifs is 6. The van der Waals surface area contributed by atoms with E-state index in [-0.39, 0.29) is 41.2 Å². The molecule has 0 aliphatic carbocycles. The van der Waals surface area contributed by atoms with Crippen molar-refractivity contribution in [2.45, 2.75) is 77.6 Å². The molecule has 3 saturated heterocycles. The van der Waals surface area contributed by atoms with Crippen LogP contribution in [0, 0.1) is 11.7 Å². The Hall–Kier alpha value is -13.4. The lowest BCUT2D eigenvalue weighted by atomic mass is 9.99. The number of methoxy groups -OCH3 is 3. The van der Waals surface area contributed by atoms with Crippen molar-refractivity contribution in [2.75, 3.05) is 115 Å². The van der Waals surface area contributed by atoms with Gasteiger partial charge >= 0.3 is 17.9 Å². The van der Waals surface area contributed by atoms with Crippen molar-refractivity contribution >= 4 is 120 Å². The van der Waals surface area contributed by atoms with E-state index >= 15 is 0 Å². The van der Waals surface area contributed by atoms with Gasteiger partial charge in [-0.3, -0.25) is 29.1 Å². The molecule has 0 saturated carbocycles. The number of carbonyl (C=O) groups excluding carboxylic acids is 6. The normalized spacial score (nSPS) is 15.9. The van der Waals surface area contributed by atoms with E-state index in [1.165, 1.54) is 46.3 Å². The third-order valence-electron chi connectivity index (χ3n) is 23.9. The minimum absolute atomic E-state index is 0.0322. The number of esters is 3. The fourth-order valence-corrected chi connectivity index (χ4v) is 17.4. The van der Waals surface area contributed by atoms with E-state index in [1.54, 1.807) is 66.7 Å². The van der Waals surface area contributed by atoms with Crippen LogP contribution in [0.2, 0.25) is 0 Å². The lowest BCUT2D eigenvalue weighted by Gasteiger charge is -2.31. The predicted octanol–water partition coefficient (Wildman–Crippen LogP) is 16.0. The van der Waals surface area contributed by atoms with Crippen LogP contribution >= 0.6 is 0 Å². The molecule has 624 valence electrons. The second kappa shape index (κ2) is 36.7. The Bertz CT molecular complexity index is 6050. The largest absolute Gasteiger partial charge is 0.494 e. The number of hydrogen-bond donors (Lipinski definition) is 6. The number of aliphatic imine (C=N–C) groups is 3. The van der Waals surface area contributed by atoms with Crippen molar-refractivity contribution in [2.24, 2.45) is 20.9 Å². The number of amides is 3. The number of nitrogens with one attached hydrogen (secondary N) is 3. The molecule has 24 nitrogen and oxygen atoms in total. The van der Waals surface area contributed by atoms with E-state index in [2.05, 4.69) is 36.6 Å². The third kappa shape index (κ3) is 17.9. The number of nitrogens with zero attached hydrogens (tertiary/aromatic N) is 9. The highest BCUT2D eigenvalue weighted by Gasteiger charge is 2.33. The van der Waals surface area contributed by atoms with Crippen LogP contribution < -0.4 is 14.7 Å². The summed E-state index contributed by atoms with van der Waals surface area (Å²) in [5.41, 5.74) is 16.5. The number of aromatic hydroxyl groups is 3. The summed E-state index contributed by atoms with van der Waals surface area (Å²) >= 11 is 0. The molecule has 3 fully saturated rings. The van der Waals surface area contributed by atoms with Crippen LogP contribution in [0.3, 0.4) is 0 Å². The van der Waals surface area contributed by atoms with Crippen LogP contribution in [0.4, 0.5) is 38.5 Å². The van der Waals surface area contributed by atoms with Crippen molar-refractivity contribution in [1.82, 2.24) is 29.7 Å². The second-order valence-electron chi connectivity index (χ2n) is 31.9. The van der Waals surface area contributed by atoms with Crippen LogP contribution in [-0.2, 0) is 47.9 Å². The molecular formula is C97H97FN12O12. The van der Waals surface area contributed by atoms with E-state index in [4.69, 9.17) is 29.2 Å². The van der Waals surface area contributed by atoms with Crippen LogP contribution in [0.5, 0.6) is 17.6 Å². The van der Waals surface area contributed by atoms with Crippen LogP contribution in [0.25, 0.3) is 32.7 Å². The number of ether oxygens (including phenoxy) is 3. The highest BCUT2D eigenvalue weighted by Crippen LogP contribution is 2.41. The molecule has 9 aromatic carbocycles. The van der Waals surface area contributed by atoms with Gasteiger partial charge in [0.05, 0.1) is 109 Å². The molecule has 12 aromatic rings. The molecule has 0 atom stereocenters. The summed E-state index contributed by atoms with van der Waals surface area (Å²) in [6, 6.07) is 58.2. The van der Waals surface area contributed by atoms with Gasteiger partial charge in [0, 0.05) is 86.1 Å². The molecule has 0 unspecified atom stereocenters. The van der Waals surface area contributed by atoms with Crippen LogP contribution in [0.15, 0.2) is 209 Å². The first-order chi connectivity index (χ1) is 59.3. The Labute approximate surface area is 705 Å². The van der Waals surface area contributed by atoms with Gasteiger partial charge in [-0.15, -0.1) is 0 Å². The van der Waals surface area contributed by atoms with Gasteiger partial charge < -0.3 is 59.2 Å². The Balaban J connectivity index is 0.000000136. The average Bonchev–Trinajstić information content (AvgIpc) is 1.65. The van der Waals surface area contributed by atoms with Gasteiger partial charge in [0.1, 0.15) is 5.82 Å². The zero-order valence-corrected chi connectivity index (χ0v) is 68.7. The monoisotopic (exact) mass is 1640 g/mol. The quantitative estimate of drug-likeness (QED) is 0.0264. The summed E-state index contributed by atoms with van der Waals surface area (Å²) in [5, 5.41) is 35.2. The lowest BCUT2D eigenvalue weighted by Crippen LogP contribution is -2.42. The Morgan fingerprint density at radius 1 is 0.369 bits per heavy atom. The SMILES string of the molecule is COC(=O)c1ccc2c(C(=Nc3ccc4c(c3)CCN4C(=O)CN3CCC(C)CC3)c3ccccc3)c(O)[nH]c2c1.COC(=O)c1ccc2c(C(=Nc3ccc4c(c3)CCN4C(=O)CN3CCCCC3)c3ccc(F)cc3)c(O)[nH]c2c1.COC(=O)c1ccc2c(C(=Nc3ccc4c(c3)CCN4C(=O)CN3CCCCC3)c3ccccc3)c(O)[nH]c2c1. The molecule has 3 amide bonds. The molecule has 9 heterocycles. The van der Waals surface area contributed by atoms with Crippen molar-refractivity contribution in [3.8, 4) is 17.6 Å². The van der Waals surface area contributed by atoms with E-state index in [0.717, 1.165) is 170 Å². The summed E-state index contributed by atoms with van der Waals surface area (Å²) in [6.07, 6.45) is 11.6. The number of rotatable bonds is 18. The molecule has 0 spiro atoms. The maximum atomic E-state index is 13.8. The van der Waals surface area contributed by atoms with E-state index in [9.17, 15) is 48.5 Å². The third-order valence-corrected chi connectivity index (χ3v) is 23.9. The van der Waals surface area contributed by atoms with Crippen LogP contribution in [-0.4, -0.2) is 198 Å². The summed E-state index contributed by atoms with van der Waals surface area (Å²) in [7, 11) is 3.99. The van der Waals surface area contributed by atoms with Gasteiger partial charge in [-0.25, -0.2) is 33.8 Å². The number of halogens is 1. The first kappa shape index (κ1) is 82.3. The topological polar surface area (TPSA) is 295 Å². The standard InChI is InChI=1S/C33H34N4O4.C32H31FN4O4.C32H32N4O4/c1-21-12-15-36(16-13-21)20-29(38)37-17-14-23-18-25(9-11-28(23)37)34-31(22-6-4-3-5-7-22)30-26-10-8-24(33(40)41-2)19-27(26)35-32(30)39;1-41-32(40)22-7-11-25-26(18-22)35-31(39)29(25)30(20-5-8-23(33)9-6-20)34-24-10-12-27-21(17-24)13-16-37(27)28(38)19-36-14-3-2-4-15-36;1-40-32(39)23-10-12-25-26(19-23)34-31(38)29(25)30(21-8-4-2-5-9-21)33-24-11-13-27-22(18-24)14-17-36(27)28(37)20-35-15-6-3-7-16-35/h3-11,18-19,21,35,39H,12-17,20H2,1-2H3;5-12,17-18,35,39H,2-4,13-16,19H2,1H3;2,4-5,8-13,18-19,34,38H,3,6-7,14-17,20H2,1H3. The zero-order chi connectivity index (χ0) is 84.7. The zero-order valence-electron chi connectivity index (χ0n) is 68.7.